The van der Waals surface area contributed by atoms with Crippen LogP contribution in [0.25, 0.3) is 0 Å². The molecule has 0 amide bonds. The van der Waals surface area contributed by atoms with Crippen LogP contribution in [0, 0.1) is 18.8 Å². The second-order valence-electron chi connectivity index (χ2n) is 5.50. The molecule has 4 nitrogen and oxygen atoms in total. The van der Waals surface area contributed by atoms with Gasteiger partial charge in [0.1, 0.15) is 0 Å². The van der Waals surface area contributed by atoms with Crippen LogP contribution in [0.3, 0.4) is 0 Å². The second-order valence-corrected chi connectivity index (χ2v) is 6.44. The van der Waals surface area contributed by atoms with Gasteiger partial charge in [0.25, 0.3) is 0 Å². The topological polar surface area (TPSA) is 55.1 Å². The number of aromatic nitrogens is 2. The van der Waals surface area contributed by atoms with Crippen molar-refractivity contribution in [1.29, 1.82) is 0 Å². The SMILES string of the molecule is Cc1cn(C2CC3CCC2C3)c(SCC(=O)O)n1. The Morgan fingerprint density at radius 1 is 1.56 bits per heavy atom. The molecular weight excluding hydrogens is 248 g/mol. The van der Waals surface area contributed by atoms with Gasteiger partial charge in [-0.05, 0) is 38.0 Å². The number of hydrogen-bond acceptors (Lipinski definition) is 3. The predicted octanol–water partition coefficient (Wildman–Crippen LogP) is 2.73. The van der Waals surface area contributed by atoms with Crippen LogP contribution in [-0.4, -0.2) is 26.4 Å². The van der Waals surface area contributed by atoms with Crippen LogP contribution in [0.1, 0.15) is 37.4 Å². The molecule has 1 N–H and O–H groups in total. The van der Waals surface area contributed by atoms with Crippen molar-refractivity contribution in [2.45, 2.75) is 43.8 Å². The lowest BCUT2D eigenvalue weighted by Crippen LogP contribution is -2.16. The summed E-state index contributed by atoms with van der Waals surface area (Å²) >= 11 is 1.34. The third-order valence-electron chi connectivity index (χ3n) is 4.20. The van der Waals surface area contributed by atoms with E-state index in [4.69, 9.17) is 5.11 Å². The van der Waals surface area contributed by atoms with Gasteiger partial charge in [-0.25, -0.2) is 4.98 Å². The fourth-order valence-electron chi connectivity index (χ4n) is 3.52. The molecule has 0 saturated heterocycles. The number of hydrogen-bond donors (Lipinski definition) is 1. The van der Waals surface area contributed by atoms with Crippen LogP contribution < -0.4 is 0 Å². The van der Waals surface area contributed by atoms with E-state index in [1.54, 1.807) is 0 Å². The van der Waals surface area contributed by atoms with Crippen molar-refractivity contribution >= 4 is 17.7 Å². The molecule has 2 aliphatic carbocycles. The Labute approximate surface area is 111 Å². The smallest absolute Gasteiger partial charge is 0.313 e. The van der Waals surface area contributed by atoms with E-state index in [9.17, 15) is 4.79 Å². The standard InChI is InChI=1S/C13H18N2O2S/c1-8-6-15(13(14-8)18-7-12(16)17)11-5-9-2-3-10(11)4-9/h6,9-11H,2-5,7H2,1H3,(H,16,17). The van der Waals surface area contributed by atoms with Crippen LogP contribution in [0.2, 0.25) is 0 Å². The Balaban J connectivity index is 1.80. The molecule has 2 fully saturated rings. The summed E-state index contributed by atoms with van der Waals surface area (Å²) in [7, 11) is 0. The van der Waals surface area contributed by atoms with E-state index in [-0.39, 0.29) is 5.75 Å². The van der Waals surface area contributed by atoms with Crippen molar-refractivity contribution in [2.75, 3.05) is 5.75 Å². The Kier molecular flexibility index (Phi) is 3.09. The van der Waals surface area contributed by atoms with Gasteiger partial charge >= 0.3 is 5.97 Å². The van der Waals surface area contributed by atoms with Gasteiger partial charge in [0.15, 0.2) is 5.16 Å². The molecule has 1 aromatic rings. The van der Waals surface area contributed by atoms with Gasteiger partial charge in [-0.2, -0.15) is 0 Å². The number of carboxylic acids is 1. The third kappa shape index (κ3) is 2.16. The van der Waals surface area contributed by atoms with Crippen LogP contribution in [-0.2, 0) is 4.79 Å². The predicted molar refractivity (Wildman–Crippen MR) is 69.8 cm³/mol. The molecule has 3 rings (SSSR count). The van der Waals surface area contributed by atoms with Crippen LogP contribution in [0.4, 0.5) is 0 Å². The van der Waals surface area contributed by atoms with Crippen molar-refractivity contribution in [3.63, 3.8) is 0 Å². The van der Waals surface area contributed by atoms with Gasteiger partial charge in [0.2, 0.25) is 0 Å². The molecule has 98 valence electrons. The average Bonchev–Trinajstić information content (AvgIpc) is 2.99. The van der Waals surface area contributed by atoms with E-state index in [1.165, 1.54) is 37.4 Å². The Morgan fingerprint density at radius 3 is 3.00 bits per heavy atom. The summed E-state index contributed by atoms with van der Waals surface area (Å²) in [6.07, 6.45) is 7.41. The highest BCUT2D eigenvalue weighted by Gasteiger charge is 2.41. The first-order valence-electron chi connectivity index (χ1n) is 6.53. The Morgan fingerprint density at radius 2 is 2.39 bits per heavy atom. The van der Waals surface area contributed by atoms with Crippen LogP contribution in [0.15, 0.2) is 11.4 Å². The van der Waals surface area contributed by atoms with Gasteiger partial charge in [-0.3, -0.25) is 4.79 Å². The lowest BCUT2D eigenvalue weighted by molar-refractivity contribution is -0.133. The van der Waals surface area contributed by atoms with Crippen LogP contribution in [0.5, 0.6) is 0 Å². The maximum Gasteiger partial charge on any atom is 0.313 e. The number of aryl methyl sites for hydroxylation is 1. The average molecular weight is 266 g/mol. The van der Waals surface area contributed by atoms with E-state index >= 15 is 0 Å². The van der Waals surface area contributed by atoms with Gasteiger partial charge in [0.05, 0.1) is 11.4 Å². The van der Waals surface area contributed by atoms with Gasteiger partial charge in [-0.1, -0.05) is 18.2 Å². The van der Waals surface area contributed by atoms with Crippen molar-refractivity contribution < 1.29 is 9.90 Å². The zero-order valence-corrected chi connectivity index (χ0v) is 11.3. The zero-order valence-electron chi connectivity index (χ0n) is 10.5. The molecule has 3 unspecified atom stereocenters. The molecule has 1 heterocycles. The molecule has 0 spiro atoms. The number of aliphatic carboxylic acids is 1. The quantitative estimate of drug-likeness (QED) is 0.851. The first-order valence-corrected chi connectivity index (χ1v) is 7.52. The minimum atomic E-state index is -0.778. The van der Waals surface area contributed by atoms with E-state index in [0.717, 1.165) is 22.7 Å². The summed E-state index contributed by atoms with van der Waals surface area (Å²) in [5.74, 6) is 0.991. The molecule has 0 aromatic carbocycles. The fraction of sp³-hybridized carbons (Fsp3) is 0.692. The summed E-state index contributed by atoms with van der Waals surface area (Å²) in [6.45, 7) is 1.98. The van der Waals surface area contributed by atoms with E-state index in [1.807, 2.05) is 6.92 Å². The first kappa shape index (κ1) is 12.1. The molecule has 1 aromatic heterocycles. The highest BCUT2D eigenvalue weighted by molar-refractivity contribution is 7.99. The number of imidazole rings is 1. The largest absolute Gasteiger partial charge is 0.481 e. The van der Waals surface area contributed by atoms with Crippen LogP contribution >= 0.6 is 11.8 Å². The second kappa shape index (κ2) is 4.61. The third-order valence-corrected chi connectivity index (χ3v) is 5.15. The monoisotopic (exact) mass is 266 g/mol. The maximum absolute atomic E-state index is 10.7. The van der Waals surface area contributed by atoms with Gasteiger partial charge in [0, 0.05) is 12.2 Å². The van der Waals surface area contributed by atoms with Gasteiger partial charge < -0.3 is 9.67 Å². The van der Waals surface area contributed by atoms with E-state index in [2.05, 4.69) is 15.7 Å². The summed E-state index contributed by atoms with van der Waals surface area (Å²) in [4.78, 5) is 15.2. The lowest BCUT2D eigenvalue weighted by Gasteiger charge is -2.24. The molecule has 0 radical (unpaired) electrons. The minimum Gasteiger partial charge on any atom is -0.481 e. The summed E-state index contributed by atoms with van der Waals surface area (Å²) in [5.41, 5.74) is 0.991. The number of rotatable bonds is 4. The number of nitrogens with zero attached hydrogens (tertiary/aromatic N) is 2. The molecule has 2 aliphatic rings. The van der Waals surface area contributed by atoms with Crippen molar-refractivity contribution in [3.8, 4) is 0 Å². The number of thioether (sulfide) groups is 1. The van der Waals surface area contributed by atoms with E-state index < -0.39 is 5.97 Å². The maximum atomic E-state index is 10.7. The number of carbonyl (C=O) groups is 1. The molecule has 18 heavy (non-hydrogen) atoms. The molecule has 2 saturated carbocycles. The molecular formula is C13H18N2O2S. The highest BCUT2D eigenvalue weighted by atomic mass is 32.2. The van der Waals surface area contributed by atoms with Crippen molar-refractivity contribution in [1.82, 2.24) is 9.55 Å². The normalized spacial score (nSPS) is 29.9. The highest BCUT2D eigenvalue weighted by Crippen LogP contribution is 2.51. The molecule has 0 aliphatic heterocycles. The summed E-state index contributed by atoms with van der Waals surface area (Å²) < 4.78 is 2.24. The summed E-state index contributed by atoms with van der Waals surface area (Å²) in [5, 5.41) is 9.67. The molecule has 3 atom stereocenters. The van der Waals surface area contributed by atoms with Crippen molar-refractivity contribution in [2.24, 2.45) is 11.8 Å². The van der Waals surface area contributed by atoms with E-state index in [0.29, 0.717) is 6.04 Å². The first-order chi connectivity index (χ1) is 8.63. The summed E-state index contributed by atoms with van der Waals surface area (Å²) in [6, 6.07) is 0.557. The molecule has 5 heteroatoms. The fourth-order valence-corrected chi connectivity index (χ4v) is 4.31. The Bertz CT molecular complexity index is 472. The Hall–Kier alpha value is -0.970. The number of carboxylic acid groups (broad SMARTS) is 1. The zero-order chi connectivity index (χ0) is 12.7. The minimum absolute atomic E-state index is 0.0945. The lowest BCUT2D eigenvalue weighted by atomic mass is 9.95. The molecule has 2 bridgehead atoms. The number of fused-ring (bicyclic) bond motifs is 2. The van der Waals surface area contributed by atoms with Crippen molar-refractivity contribution in [3.05, 3.63) is 11.9 Å². The van der Waals surface area contributed by atoms with Gasteiger partial charge in [-0.15, -0.1) is 0 Å².